The summed E-state index contributed by atoms with van der Waals surface area (Å²) < 4.78 is 17.4. The third-order valence-electron chi connectivity index (χ3n) is 6.53. The van der Waals surface area contributed by atoms with Crippen molar-refractivity contribution in [3.05, 3.63) is 47.8 Å². The van der Waals surface area contributed by atoms with Gasteiger partial charge in [0.15, 0.2) is 5.17 Å². The van der Waals surface area contributed by atoms with Crippen molar-refractivity contribution in [2.75, 3.05) is 51.2 Å². The second kappa shape index (κ2) is 9.19. The lowest BCUT2D eigenvalue weighted by Crippen LogP contribution is -2.37. The highest BCUT2D eigenvalue weighted by Crippen LogP contribution is 2.52. The summed E-state index contributed by atoms with van der Waals surface area (Å²) in [7, 11) is 3.49. The first-order chi connectivity index (χ1) is 15.7. The first-order valence-electron chi connectivity index (χ1n) is 11.2. The summed E-state index contributed by atoms with van der Waals surface area (Å²) in [5.41, 5.74) is 3.12. The van der Waals surface area contributed by atoms with Crippen molar-refractivity contribution in [1.82, 2.24) is 9.88 Å². The molecule has 0 aliphatic carbocycles. The molecule has 4 heterocycles. The van der Waals surface area contributed by atoms with Gasteiger partial charge in [-0.15, -0.1) is 0 Å². The van der Waals surface area contributed by atoms with Crippen LogP contribution in [0.3, 0.4) is 0 Å². The molecule has 2 aromatic rings. The molecule has 3 aliphatic heterocycles. The molecule has 7 nitrogen and oxygen atoms in total. The van der Waals surface area contributed by atoms with Gasteiger partial charge in [0.05, 0.1) is 44.9 Å². The maximum atomic E-state index is 5.97. The number of rotatable bonds is 6. The molecule has 1 aromatic heterocycles. The van der Waals surface area contributed by atoms with E-state index < -0.39 is 0 Å². The third-order valence-corrected chi connectivity index (χ3v) is 7.66. The molecule has 3 aliphatic rings. The Hall–Kier alpha value is -2.45. The van der Waals surface area contributed by atoms with Crippen LogP contribution >= 0.6 is 11.8 Å². The molecule has 0 bridgehead atoms. The fraction of sp³-hybridized carbons (Fsp3) is 0.500. The van der Waals surface area contributed by atoms with E-state index in [1.807, 2.05) is 30.1 Å². The van der Waals surface area contributed by atoms with Crippen molar-refractivity contribution in [2.24, 2.45) is 4.99 Å². The standard InChI is InChI=1S/C24H30N4O3S/c1-4-16-15-32-24-26-22(18-7-5-6-8-25-18)23(28(16)24)17-13-21(30-3)19(14-20(17)29-2)27-9-11-31-12-10-27/h5-8,13-14,16,22-23H,4,9-12,15H2,1-3H3/t16-,22+,23+/m0/s1. The van der Waals surface area contributed by atoms with Gasteiger partial charge in [0.2, 0.25) is 0 Å². The van der Waals surface area contributed by atoms with E-state index in [-0.39, 0.29) is 12.1 Å². The number of pyridine rings is 1. The molecule has 1 aromatic carbocycles. The lowest BCUT2D eigenvalue weighted by atomic mass is 9.93. The van der Waals surface area contributed by atoms with Crippen LogP contribution in [-0.4, -0.2) is 67.4 Å². The predicted octanol–water partition coefficient (Wildman–Crippen LogP) is 3.91. The molecule has 2 saturated heterocycles. The highest BCUT2D eigenvalue weighted by atomic mass is 32.2. The lowest BCUT2D eigenvalue weighted by Gasteiger charge is -2.34. The number of ether oxygens (including phenoxy) is 3. The van der Waals surface area contributed by atoms with Crippen LogP contribution in [0.4, 0.5) is 5.69 Å². The normalized spacial score (nSPS) is 25.0. The first-order valence-corrected chi connectivity index (χ1v) is 12.2. The molecule has 5 rings (SSSR count). The highest BCUT2D eigenvalue weighted by Gasteiger charge is 2.46. The predicted molar refractivity (Wildman–Crippen MR) is 128 cm³/mol. The molecular formula is C24H30N4O3S. The quantitative estimate of drug-likeness (QED) is 0.656. The zero-order valence-electron chi connectivity index (χ0n) is 18.9. The van der Waals surface area contributed by atoms with Gasteiger partial charge < -0.3 is 24.0 Å². The number of morpholine rings is 1. The van der Waals surface area contributed by atoms with Gasteiger partial charge >= 0.3 is 0 Å². The van der Waals surface area contributed by atoms with Crippen LogP contribution in [0, 0.1) is 0 Å². The number of benzene rings is 1. The number of aromatic nitrogens is 1. The molecule has 0 spiro atoms. The summed E-state index contributed by atoms with van der Waals surface area (Å²) in [4.78, 5) is 14.6. The number of amidine groups is 1. The summed E-state index contributed by atoms with van der Waals surface area (Å²) in [6.45, 7) is 5.37. The van der Waals surface area contributed by atoms with Gasteiger partial charge in [-0.3, -0.25) is 9.98 Å². The minimum atomic E-state index is -0.0825. The molecule has 32 heavy (non-hydrogen) atoms. The van der Waals surface area contributed by atoms with Crippen LogP contribution in [0.2, 0.25) is 0 Å². The molecular weight excluding hydrogens is 424 g/mol. The average Bonchev–Trinajstić information content (AvgIpc) is 3.43. The van der Waals surface area contributed by atoms with Gasteiger partial charge in [-0.05, 0) is 24.6 Å². The van der Waals surface area contributed by atoms with E-state index in [2.05, 4.69) is 39.9 Å². The van der Waals surface area contributed by atoms with Crippen LogP contribution in [-0.2, 0) is 4.74 Å². The largest absolute Gasteiger partial charge is 0.496 e. The second-order valence-electron chi connectivity index (χ2n) is 8.20. The van der Waals surface area contributed by atoms with Crippen molar-refractivity contribution < 1.29 is 14.2 Å². The molecule has 8 heteroatoms. The maximum absolute atomic E-state index is 5.97. The third kappa shape index (κ3) is 3.69. The zero-order chi connectivity index (χ0) is 22.1. The van der Waals surface area contributed by atoms with E-state index in [4.69, 9.17) is 19.2 Å². The Balaban J connectivity index is 1.61. The number of thioether (sulfide) groups is 1. The molecule has 0 radical (unpaired) electrons. The average molecular weight is 455 g/mol. The summed E-state index contributed by atoms with van der Waals surface area (Å²) in [5.74, 6) is 2.78. The number of methoxy groups -OCH3 is 2. The highest BCUT2D eigenvalue weighted by molar-refractivity contribution is 8.14. The van der Waals surface area contributed by atoms with Crippen LogP contribution in [0.25, 0.3) is 0 Å². The summed E-state index contributed by atoms with van der Waals surface area (Å²) in [5, 5.41) is 1.11. The lowest BCUT2D eigenvalue weighted by molar-refractivity contribution is 0.122. The Kier molecular flexibility index (Phi) is 6.15. The Morgan fingerprint density at radius 1 is 1.12 bits per heavy atom. The van der Waals surface area contributed by atoms with Crippen molar-refractivity contribution in [2.45, 2.75) is 31.5 Å². The Labute approximate surface area is 193 Å². The fourth-order valence-electron chi connectivity index (χ4n) is 4.87. The second-order valence-corrected chi connectivity index (χ2v) is 9.19. The minimum Gasteiger partial charge on any atom is -0.496 e. The Bertz CT molecular complexity index is 981. The Morgan fingerprint density at radius 3 is 2.62 bits per heavy atom. The molecule has 0 unspecified atom stereocenters. The number of fused-ring (bicyclic) bond motifs is 1. The van der Waals surface area contributed by atoms with E-state index in [1.165, 1.54) is 0 Å². The number of anilines is 1. The topological polar surface area (TPSA) is 59.4 Å². The maximum Gasteiger partial charge on any atom is 0.160 e. The van der Waals surface area contributed by atoms with Gasteiger partial charge in [0, 0.05) is 42.7 Å². The van der Waals surface area contributed by atoms with Crippen LogP contribution in [0.5, 0.6) is 11.5 Å². The monoisotopic (exact) mass is 454 g/mol. The Morgan fingerprint density at radius 2 is 1.94 bits per heavy atom. The SMILES string of the molecule is CC[C@H]1CSC2=N[C@H](c3ccccn3)[C@@H](c3cc(OC)c(N4CCOCC4)cc3OC)N21. The van der Waals surface area contributed by atoms with E-state index >= 15 is 0 Å². The zero-order valence-corrected chi connectivity index (χ0v) is 19.7. The summed E-state index contributed by atoms with van der Waals surface area (Å²) in [6.07, 6.45) is 2.92. The van der Waals surface area contributed by atoms with Crippen LogP contribution in [0.1, 0.15) is 36.7 Å². The van der Waals surface area contributed by atoms with Gasteiger partial charge in [0.25, 0.3) is 0 Å². The number of hydrogen-bond donors (Lipinski definition) is 0. The van der Waals surface area contributed by atoms with Gasteiger partial charge in [-0.25, -0.2) is 0 Å². The molecule has 0 N–H and O–H groups in total. The van der Waals surface area contributed by atoms with Crippen molar-refractivity contribution in [3.63, 3.8) is 0 Å². The molecule has 170 valence electrons. The number of nitrogens with zero attached hydrogens (tertiary/aromatic N) is 4. The first kappa shape index (κ1) is 21.4. The van der Waals surface area contributed by atoms with Gasteiger partial charge in [-0.2, -0.15) is 0 Å². The molecule has 0 saturated carbocycles. The minimum absolute atomic E-state index is 0.0161. The van der Waals surface area contributed by atoms with Crippen molar-refractivity contribution in [1.29, 1.82) is 0 Å². The number of aliphatic imine (C=N–C) groups is 1. The van der Waals surface area contributed by atoms with E-state index in [1.54, 1.807) is 14.2 Å². The van der Waals surface area contributed by atoms with Crippen molar-refractivity contribution in [3.8, 4) is 11.5 Å². The molecule has 2 fully saturated rings. The van der Waals surface area contributed by atoms with Crippen molar-refractivity contribution >= 4 is 22.6 Å². The summed E-state index contributed by atoms with van der Waals surface area (Å²) in [6, 6.07) is 10.7. The van der Waals surface area contributed by atoms with E-state index in [0.717, 1.165) is 72.1 Å². The van der Waals surface area contributed by atoms with Gasteiger partial charge in [0.1, 0.15) is 17.5 Å². The van der Waals surface area contributed by atoms with Crippen LogP contribution < -0.4 is 14.4 Å². The smallest absolute Gasteiger partial charge is 0.160 e. The summed E-state index contributed by atoms with van der Waals surface area (Å²) >= 11 is 1.85. The number of hydrogen-bond acceptors (Lipinski definition) is 8. The van der Waals surface area contributed by atoms with Crippen LogP contribution in [0.15, 0.2) is 41.5 Å². The van der Waals surface area contributed by atoms with Gasteiger partial charge in [-0.1, -0.05) is 24.8 Å². The van der Waals surface area contributed by atoms with E-state index in [0.29, 0.717) is 6.04 Å². The molecule has 0 amide bonds. The fourth-order valence-corrected chi connectivity index (χ4v) is 6.21. The molecule has 3 atom stereocenters. The van der Waals surface area contributed by atoms with E-state index in [9.17, 15) is 0 Å².